The monoisotopic (exact) mass is 416 g/mol. The van der Waals surface area contributed by atoms with Gasteiger partial charge in [-0.25, -0.2) is 9.18 Å². The molecule has 29 heavy (non-hydrogen) atoms. The molecule has 0 amide bonds. The second kappa shape index (κ2) is 7.47. The molecule has 0 saturated carbocycles. The van der Waals surface area contributed by atoms with Gasteiger partial charge in [0.2, 0.25) is 0 Å². The molecule has 9 nitrogen and oxygen atoms in total. The Morgan fingerprint density at radius 1 is 1.31 bits per heavy atom. The van der Waals surface area contributed by atoms with Crippen LogP contribution in [0.5, 0.6) is 0 Å². The predicted molar refractivity (Wildman–Crippen MR) is 103 cm³/mol. The minimum Gasteiger partial charge on any atom is -0.391 e. The van der Waals surface area contributed by atoms with Gasteiger partial charge in [0.15, 0.2) is 5.58 Å². The van der Waals surface area contributed by atoms with Crippen molar-refractivity contribution in [3.05, 3.63) is 69.0 Å². The minimum absolute atomic E-state index is 0.0280. The highest BCUT2D eigenvalue weighted by Crippen LogP contribution is 2.24. The lowest BCUT2D eigenvalue weighted by molar-refractivity contribution is 0.130. The van der Waals surface area contributed by atoms with Gasteiger partial charge in [0.25, 0.3) is 0 Å². The van der Waals surface area contributed by atoms with Crippen molar-refractivity contribution >= 4 is 28.3 Å². The number of benzene rings is 2. The first-order valence-corrected chi connectivity index (χ1v) is 8.82. The molecule has 0 spiro atoms. The summed E-state index contributed by atoms with van der Waals surface area (Å²) < 4.78 is 20.6. The van der Waals surface area contributed by atoms with E-state index in [9.17, 15) is 9.18 Å². The van der Waals surface area contributed by atoms with E-state index in [4.69, 9.17) is 21.0 Å². The number of rotatable bonds is 5. The Kier molecular flexibility index (Phi) is 4.85. The molecule has 2 heterocycles. The van der Waals surface area contributed by atoms with Gasteiger partial charge >= 0.3 is 5.69 Å². The van der Waals surface area contributed by atoms with Crippen LogP contribution in [0.1, 0.15) is 18.2 Å². The largest absolute Gasteiger partial charge is 0.391 e. The molecule has 0 aliphatic rings. The van der Waals surface area contributed by atoms with Gasteiger partial charge in [-0.2, -0.15) is 9.36 Å². The van der Waals surface area contributed by atoms with Gasteiger partial charge in [0, 0.05) is 23.7 Å². The van der Waals surface area contributed by atoms with E-state index in [0.29, 0.717) is 38.6 Å². The molecule has 11 heteroatoms. The maximum atomic E-state index is 13.3. The van der Waals surface area contributed by atoms with Crippen molar-refractivity contribution in [2.45, 2.75) is 13.5 Å². The number of hydrogen-bond donors (Lipinski definition) is 0. The van der Waals surface area contributed by atoms with E-state index in [2.05, 4.69) is 20.7 Å². The summed E-state index contributed by atoms with van der Waals surface area (Å²) in [5, 5.41) is 16.5. The Morgan fingerprint density at radius 2 is 2.14 bits per heavy atom. The molecule has 4 aromatic rings. The van der Waals surface area contributed by atoms with Crippen molar-refractivity contribution in [3.8, 4) is 5.69 Å². The molecule has 0 fully saturated rings. The van der Waals surface area contributed by atoms with Crippen molar-refractivity contribution in [1.29, 1.82) is 0 Å². The van der Waals surface area contributed by atoms with Gasteiger partial charge in [-0.1, -0.05) is 28.0 Å². The van der Waals surface area contributed by atoms with E-state index < -0.39 is 11.5 Å². The number of tetrazole rings is 1. The van der Waals surface area contributed by atoms with Crippen molar-refractivity contribution in [1.82, 2.24) is 24.9 Å². The van der Waals surface area contributed by atoms with Crippen molar-refractivity contribution in [2.24, 2.45) is 12.2 Å². The zero-order chi connectivity index (χ0) is 20.5. The van der Waals surface area contributed by atoms with Crippen LogP contribution in [0.4, 0.5) is 4.39 Å². The quantitative estimate of drug-likeness (QED) is 0.366. The molecular weight excluding hydrogens is 403 g/mol. The molecule has 0 unspecified atom stereocenters. The summed E-state index contributed by atoms with van der Waals surface area (Å²) in [6, 6.07) is 9.15. The molecule has 2 aromatic carbocycles. The van der Waals surface area contributed by atoms with Crippen LogP contribution in [-0.2, 0) is 18.5 Å². The van der Waals surface area contributed by atoms with E-state index >= 15 is 0 Å². The highest BCUT2D eigenvalue weighted by molar-refractivity contribution is 6.31. The average Bonchev–Trinajstić information content (AvgIpc) is 3.26. The first kappa shape index (κ1) is 18.8. The lowest BCUT2D eigenvalue weighted by Gasteiger charge is -2.09. The number of hydrogen-bond acceptors (Lipinski definition) is 7. The second-order valence-electron chi connectivity index (χ2n) is 6.16. The predicted octanol–water partition coefficient (Wildman–Crippen LogP) is 2.84. The molecule has 0 atom stereocenters. The van der Waals surface area contributed by atoms with E-state index in [0.717, 1.165) is 9.36 Å². The van der Waals surface area contributed by atoms with Crippen LogP contribution < -0.4 is 5.69 Å². The number of nitrogens with zero attached hydrogens (tertiary/aromatic N) is 6. The van der Waals surface area contributed by atoms with Gasteiger partial charge in [0.1, 0.15) is 23.8 Å². The third kappa shape index (κ3) is 3.49. The summed E-state index contributed by atoms with van der Waals surface area (Å²) in [5.41, 5.74) is 1.70. The smallest absolute Gasteiger partial charge is 0.368 e. The number of aryl methyl sites for hydroxylation is 1. The first-order chi connectivity index (χ1) is 14.0. The van der Waals surface area contributed by atoms with Crippen LogP contribution in [0.3, 0.4) is 0 Å². The third-order valence-electron chi connectivity index (χ3n) is 4.23. The van der Waals surface area contributed by atoms with Crippen molar-refractivity contribution in [2.75, 3.05) is 0 Å². The lowest BCUT2D eigenvalue weighted by atomic mass is 10.1. The van der Waals surface area contributed by atoms with Gasteiger partial charge in [-0.05, 0) is 41.6 Å². The summed E-state index contributed by atoms with van der Waals surface area (Å²) >= 11 is 6.28. The number of halogens is 2. The highest BCUT2D eigenvalue weighted by atomic mass is 35.5. The zero-order valence-electron chi connectivity index (χ0n) is 15.3. The lowest BCUT2D eigenvalue weighted by Crippen LogP contribution is -2.23. The minimum atomic E-state index is -0.422. The van der Waals surface area contributed by atoms with Crippen LogP contribution in [0, 0.1) is 5.82 Å². The summed E-state index contributed by atoms with van der Waals surface area (Å²) in [6.07, 6.45) is 0. The Morgan fingerprint density at radius 3 is 2.90 bits per heavy atom. The first-order valence-electron chi connectivity index (χ1n) is 8.44. The highest BCUT2D eigenvalue weighted by Gasteiger charge is 2.15. The van der Waals surface area contributed by atoms with Crippen LogP contribution in [0.2, 0.25) is 5.02 Å². The summed E-state index contributed by atoms with van der Waals surface area (Å²) in [4.78, 5) is 17.6. The topological polar surface area (TPSA) is 100 Å². The number of aromatic nitrogens is 5. The second-order valence-corrected chi connectivity index (χ2v) is 6.56. The standard InChI is InChI=1S/C18H14ClFN6O3/c1-10(17-12-7-6-11(20)8-16(12)29-22-17)21-28-9-13-14(19)4-3-5-15(13)26-18(27)25(2)23-24-26/h3-8H,9H2,1-2H3. The summed E-state index contributed by atoms with van der Waals surface area (Å²) in [5.74, 6) is -0.420. The van der Waals surface area contributed by atoms with Crippen LogP contribution in [0.25, 0.3) is 16.7 Å². The van der Waals surface area contributed by atoms with E-state index in [1.165, 1.54) is 19.2 Å². The van der Waals surface area contributed by atoms with E-state index in [1.54, 1.807) is 31.2 Å². The Bertz CT molecular complexity index is 1290. The molecule has 0 aliphatic heterocycles. The molecule has 0 radical (unpaired) electrons. The maximum absolute atomic E-state index is 13.3. The molecule has 2 aromatic heterocycles. The molecule has 0 bridgehead atoms. The Balaban J connectivity index is 1.61. The average molecular weight is 417 g/mol. The van der Waals surface area contributed by atoms with Crippen LogP contribution >= 0.6 is 11.6 Å². The molecule has 148 valence electrons. The fraction of sp³-hybridized carbons (Fsp3) is 0.167. The molecule has 0 N–H and O–H groups in total. The Hall–Kier alpha value is -3.53. The van der Waals surface area contributed by atoms with Crippen LogP contribution in [0.15, 0.2) is 50.9 Å². The number of oxime groups is 1. The Labute approximate surface area is 167 Å². The SMILES string of the molecule is CC(=NOCc1c(Cl)cccc1-n1nnn(C)c1=O)c1noc2cc(F)ccc12. The fourth-order valence-corrected chi connectivity index (χ4v) is 2.99. The van der Waals surface area contributed by atoms with E-state index in [1.807, 2.05) is 0 Å². The maximum Gasteiger partial charge on any atom is 0.368 e. The molecule has 4 rings (SSSR count). The molecular formula is C18H14ClFN6O3. The molecule has 0 saturated heterocycles. The van der Waals surface area contributed by atoms with Crippen LogP contribution in [-0.4, -0.2) is 30.7 Å². The van der Waals surface area contributed by atoms with Gasteiger partial charge < -0.3 is 9.36 Å². The van der Waals surface area contributed by atoms with Crippen molar-refractivity contribution in [3.63, 3.8) is 0 Å². The van der Waals surface area contributed by atoms with Crippen molar-refractivity contribution < 1.29 is 13.8 Å². The van der Waals surface area contributed by atoms with Gasteiger partial charge in [-0.3, -0.25) is 0 Å². The van der Waals surface area contributed by atoms with Gasteiger partial charge in [-0.15, -0.1) is 0 Å². The fourth-order valence-electron chi connectivity index (χ4n) is 2.76. The summed E-state index contributed by atoms with van der Waals surface area (Å²) in [6.45, 7) is 1.65. The van der Waals surface area contributed by atoms with Gasteiger partial charge in [0.05, 0.1) is 11.1 Å². The zero-order valence-corrected chi connectivity index (χ0v) is 16.1. The van der Waals surface area contributed by atoms with E-state index in [-0.39, 0.29) is 6.61 Å². The number of fused-ring (bicyclic) bond motifs is 1. The normalized spacial score (nSPS) is 11.9. The molecule has 0 aliphatic carbocycles. The summed E-state index contributed by atoms with van der Waals surface area (Å²) in [7, 11) is 1.49. The third-order valence-corrected chi connectivity index (χ3v) is 4.59.